The molecule has 3 atom stereocenters. The normalized spacial score (nSPS) is 27.4. The Kier molecular flexibility index (Phi) is 5.08. The van der Waals surface area contributed by atoms with Crippen molar-refractivity contribution in [2.24, 2.45) is 0 Å². The van der Waals surface area contributed by atoms with Gasteiger partial charge in [0.25, 0.3) is 0 Å². The lowest BCUT2D eigenvalue weighted by Crippen LogP contribution is -2.47. The van der Waals surface area contributed by atoms with Crippen LogP contribution in [0.25, 0.3) is 0 Å². The Hall–Kier alpha value is -2.14. The third-order valence-corrected chi connectivity index (χ3v) is 5.41. The molecule has 0 amide bonds. The van der Waals surface area contributed by atoms with Gasteiger partial charge in [0.15, 0.2) is 0 Å². The molecule has 2 unspecified atom stereocenters. The fourth-order valence-electron chi connectivity index (χ4n) is 3.80. The summed E-state index contributed by atoms with van der Waals surface area (Å²) < 4.78 is 88.7. The highest BCUT2D eigenvalue weighted by Gasteiger charge is 2.56. The molecule has 30 heavy (non-hydrogen) atoms. The standard InChI is InChI=1S/C20H17F6NO3/c21-19(22,23)14-5-1-12(2-6-14)16-27-17(30-11-18(27,9-28)10-29-16)13-3-7-15(8-4-13)20(24,25)26/h1-8,16-17,28H,9-11H2/t16-,17?,18?/m0/s1. The minimum absolute atomic E-state index is 0.0618. The average molecular weight is 433 g/mol. The highest BCUT2D eigenvalue weighted by molar-refractivity contribution is 5.30. The number of halogens is 6. The van der Waals surface area contributed by atoms with Gasteiger partial charge in [-0.15, -0.1) is 0 Å². The molecule has 0 aliphatic carbocycles. The van der Waals surface area contributed by atoms with Gasteiger partial charge in [-0.2, -0.15) is 26.3 Å². The largest absolute Gasteiger partial charge is 0.416 e. The Morgan fingerprint density at radius 3 is 1.43 bits per heavy atom. The quantitative estimate of drug-likeness (QED) is 0.724. The Labute approximate surface area is 167 Å². The topological polar surface area (TPSA) is 41.9 Å². The van der Waals surface area contributed by atoms with E-state index in [1.54, 1.807) is 4.90 Å². The zero-order chi connectivity index (χ0) is 21.7. The predicted molar refractivity (Wildman–Crippen MR) is 91.9 cm³/mol. The smallest absolute Gasteiger partial charge is 0.394 e. The summed E-state index contributed by atoms with van der Waals surface area (Å²) in [5.74, 6) is 0. The molecule has 0 spiro atoms. The molecule has 2 heterocycles. The fraction of sp³-hybridized carbons (Fsp3) is 0.400. The van der Waals surface area contributed by atoms with Crippen LogP contribution >= 0.6 is 0 Å². The van der Waals surface area contributed by atoms with Crippen molar-refractivity contribution in [3.8, 4) is 0 Å². The van der Waals surface area contributed by atoms with E-state index < -0.39 is 41.5 Å². The first kappa shape index (κ1) is 21.1. The Morgan fingerprint density at radius 2 is 1.13 bits per heavy atom. The minimum Gasteiger partial charge on any atom is -0.394 e. The number of ether oxygens (including phenoxy) is 2. The predicted octanol–water partition coefficient (Wildman–Crippen LogP) is 4.52. The molecule has 10 heteroatoms. The molecule has 4 rings (SSSR count). The van der Waals surface area contributed by atoms with Crippen LogP contribution in [-0.4, -0.2) is 35.4 Å². The van der Waals surface area contributed by atoms with Crippen molar-refractivity contribution < 1.29 is 40.9 Å². The number of aliphatic hydroxyl groups is 1. The van der Waals surface area contributed by atoms with E-state index in [1.165, 1.54) is 24.3 Å². The van der Waals surface area contributed by atoms with Crippen LogP contribution in [0.4, 0.5) is 26.3 Å². The van der Waals surface area contributed by atoms with E-state index in [0.29, 0.717) is 11.1 Å². The molecule has 162 valence electrons. The summed E-state index contributed by atoms with van der Waals surface area (Å²) in [5, 5.41) is 9.96. The van der Waals surface area contributed by atoms with Gasteiger partial charge in [-0.1, -0.05) is 24.3 Å². The summed E-state index contributed by atoms with van der Waals surface area (Å²) >= 11 is 0. The first-order valence-electron chi connectivity index (χ1n) is 9.02. The van der Waals surface area contributed by atoms with E-state index in [1.807, 2.05) is 0 Å². The number of alkyl halides is 6. The van der Waals surface area contributed by atoms with Crippen LogP contribution in [0.5, 0.6) is 0 Å². The number of hydrogen-bond donors (Lipinski definition) is 1. The SMILES string of the molecule is OCC12COC(c3ccc(C(F)(F)F)cc3)N1[C@H](c1ccc(C(F)(F)F)cc1)OC2. The van der Waals surface area contributed by atoms with Crippen molar-refractivity contribution in [3.05, 3.63) is 70.8 Å². The van der Waals surface area contributed by atoms with Crippen molar-refractivity contribution >= 4 is 0 Å². The highest BCUT2D eigenvalue weighted by Crippen LogP contribution is 2.49. The molecule has 1 N–H and O–H groups in total. The van der Waals surface area contributed by atoms with Gasteiger partial charge in [-0.25, -0.2) is 4.90 Å². The summed E-state index contributed by atoms with van der Waals surface area (Å²) in [7, 11) is 0. The number of benzene rings is 2. The Bertz CT molecular complexity index is 825. The van der Waals surface area contributed by atoms with Crippen LogP contribution < -0.4 is 0 Å². The number of fused-ring (bicyclic) bond motifs is 1. The third-order valence-electron chi connectivity index (χ3n) is 5.41. The molecule has 0 bridgehead atoms. The van der Waals surface area contributed by atoms with E-state index in [0.717, 1.165) is 24.3 Å². The molecule has 2 aliphatic heterocycles. The molecule has 2 aliphatic rings. The molecule has 0 saturated carbocycles. The number of hydrogen-bond acceptors (Lipinski definition) is 4. The fourth-order valence-corrected chi connectivity index (χ4v) is 3.80. The van der Waals surface area contributed by atoms with Gasteiger partial charge in [0, 0.05) is 0 Å². The van der Waals surface area contributed by atoms with Crippen LogP contribution in [0.2, 0.25) is 0 Å². The lowest BCUT2D eigenvalue weighted by atomic mass is 10.0. The first-order valence-corrected chi connectivity index (χ1v) is 9.02. The lowest BCUT2D eigenvalue weighted by Gasteiger charge is -2.33. The Balaban J connectivity index is 1.66. The summed E-state index contributed by atoms with van der Waals surface area (Å²) in [4.78, 5) is 1.66. The van der Waals surface area contributed by atoms with Crippen molar-refractivity contribution in [1.82, 2.24) is 4.90 Å². The summed E-state index contributed by atoms with van der Waals surface area (Å²) in [5.41, 5.74) is -1.73. The molecular weight excluding hydrogens is 416 g/mol. The van der Waals surface area contributed by atoms with Gasteiger partial charge in [-0.05, 0) is 35.4 Å². The van der Waals surface area contributed by atoms with Crippen molar-refractivity contribution in [1.29, 1.82) is 0 Å². The second-order valence-corrected chi connectivity index (χ2v) is 7.36. The molecule has 0 aromatic heterocycles. The summed E-state index contributed by atoms with van der Waals surface area (Å²) in [6.45, 7) is -0.222. The molecule has 2 fully saturated rings. The van der Waals surface area contributed by atoms with Crippen LogP contribution in [0.1, 0.15) is 34.7 Å². The van der Waals surface area contributed by atoms with Gasteiger partial charge in [0.2, 0.25) is 0 Å². The monoisotopic (exact) mass is 433 g/mol. The third kappa shape index (κ3) is 3.58. The van der Waals surface area contributed by atoms with E-state index in [-0.39, 0.29) is 19.8 Å². The molecule has 2 saturated heterocycles. The van der Waals surface area contributed by atoms with Gasteiger partial charge in [-0.3, -0.25) is 0 Å². The van der Waals surface area contributed by atoms with Crippen LogP contribution in [-0.2, 0) is 21.8 Å². The second-order valence-electron chi connectivity index (χ2n) is 7.36. The van der Waals surface area contributed by atoms with Crippen LogP contribution in [0.3, 0.4) is 0 Å². The maximum absolute atomic E-state index is 12.9. The molecule has 0 radical (unpaired) electrons. The maximum Gasteiger partial charge on any atom is 0.416 e. The van der Waals surface area contributed by atoms with E-state index >= 15 is 0 Å². The van der Waals surface area contributed by atoms with Gasteiger partial charge < -0.3 is 14.6 Å². The Morgan fingerprint density at radius 1 is 0.767 bits per heavy atom. The lowest BCUT2D eigenvalue weighted by molar-refractivity contribution is -0.138. The second kappa shape index (κ2) is 7.23. The zero-order valence-electron chi connectivity index (χ0n) is 15.4. The first-order chi connectivity index (χ1) is 14.0. The maximum atomic E-state index is 12.9. The van der Waals surface area contributed by atoms with Crippen LogP contribution in [0, 0.1) is 0 Å². The van der Waals surface area contributed by atoms with E-state index in [2.05, 4.69) is 0 Å². The highest BCUT2D eigenvalue weighted by atomic mass is 19.4. The van der Waals surface area contributed by atoms with Crippen molar-refractivity contribution in [2.75, 3.05) is 19.8 Å². The van der Waals surface area contributed by atoms with Gasteiger partial charge in [0.1, 0.15) is 12.5 Å². The summed E-state index contributed by atoms with van der Waals surface area (Å²) in [6, 6.07) is 8.85. The molecule has 2 aromatic rings. The summed E-state index contributed by atoms with van der Waals surface area (Å²) in [6.07, 6.45) is -10.6. The van der Waals surface area contributed by atoms with Gasteiger partial charge >= 0.3 is 12.4 Å². The van der Waals surface area contributed by atoms with E-state index in [4.69, 9.17) is 9.47 Å². The molecular formula is C20H17F6NO3. The molecule has 4 nitrogen and oxygen atoms in total. The van der Waals surface area contributed by atoms with Crippen molar-refractivity contribution in [3.63, 3.8) is 0 Å². The zero-order valence-corrected chi connectivity index (χ0v) is 15.4. The van der Waals surface area contributed by atoms with Gasteiger partial charge in [0.05, 0.1) is 36.5 Å². The number of nitrogens with zero attached hydrogens (tertiary/aromatic N) is 1. The number of rotatable bonds is 3. The average Bonchev–Trinajstić information content (AvgIpc) is 3.24. The molecule has 2 aromatic carbocycles. The van der Waals surface area contributed by atoms with Crippen LogP contribution in [0.15, 0.2) is 48.5 Å². The van der Waals surface area contributed by atoms with E-state index in [9.17, 15) is 31.4 Å². The van der Waals surface area contributed by atoms with Crippen molar-refractivity contribution in [2.45, 2.75) is 30.3 Å². The number of aliphatic hydroxyl groups excluding tert-OH is 1. The minimum atomic E-state index is -4.48.